The number of morpholine rings is 1. The molecule has 2 fully saturated rings. The van der Waals surface area contributed by atoms with Crippen molar-refractivity contribution in [3.8, 4) is 5.75 Å². The number of rotatable bonds is 6. The monoisotopic (exact) mass is 347 g/mol. The van der Waals surface area contributed by atoms with Crippen LogP contribution in [0.5, 0.6) is 5.75 Å². The Morgan fingerprint density at radius 3 is 2.64 bits per heavy atom. The molecule has 2 aliphatic rings. The van der Waals surface area contributed by atoms with E-state index in [9.17, 15) is 4.79 Å². The summed E-state index contributed by atoms with van der Waals surface area (Å²) in [6.07, 6.45) is 2.65. The zero-order valence-corrected chi connectivity index (χ0v) is 14.9. The number of carbonyl (C=O) groups excluding carboxylic acids is 1. The van der Waals surface area contributed by atoms with Crippen LogP contribution in [0.1, 0.15) is 30.9 Å². The Morgan fingerprint density at radius 1 is 1.32 bits per heavy atom. The maximum Gasteiger partial charge on any atom is 0.223 e. The molecule has 3 unspecified atom stereocenters. The summed E-state index contributed by atoms with van der Waals surface area (Å²) in [7, 11) is 1.67. The zero-order chi connectivity index (χ0) is 17.6. The third-order valence-electron chi connectivity index (χ3n) is 5.30. The van der Waals surface area contributed by atoms with Gasteiger partial charge >= 0.3 is 0 Å². The molecule has 1 aliphatic carbocycles. The Kier molecular flexibility index (Phi) is 6.29. The van der Waals surface area contributed by atoms with E-state index in [0.717, 1.165) is 51.3 Å². The second-order valence-electron chi connectivity index (χ2n) is 6.95. The molecule has 1 aromatic rings. The lowest BCUT2D eigenvalue weighted by atomic mass is 10.0. The maximum absolute atomic E-state index is 12.5. The molecule has 3 rings (SSSR count). The Labute approximate surface area is 149 Å². The van der Waals surface area contributed by atoms with Gasteiger partial charge in [0.15, 0.2) is 0 Å². The molecule has 3 atom stereocenters. The molecule has 1 saturated carbocycles. The number of benzene rings is 1. The van der Waals surface area contributed by atoms with Crippen LogP contribution in [0.2, 0.25) is 0 Å². The normalized spacial score (nSPS) is 25.5. The molecule has 0 aromatic heterocycles. The lowest BCUT2D eigenvalue weighted by molar-refractivity contribution is -0.125. The first-order valence-corrected chi connectivity index (χ1v) is 9.16. The summed E-state index contributed by atoms with van der Waals surface area (Å²) in [6, 6.07) is 8.43. The number of amides is 1. The fourth-order valence-electron chi connectivity index (χ4n) is 3.77. The van der Waals surface area contributed by atoms with Crippen LogP contribution in [0.3, 0.4) is 0 Å². The molecule has 138 valence electrons. The van der Waals surface area contributed by atoms with Crippen LogP contribution in [0.4, 0.5) is 0 Å². The Morgan fingerprint density at radius 2 is 2.04 bits per heavy atom. The van der Waals surface area contributed by atoms with Gasteiger partial charge in [-0.15, -0.1) is 0 Å². The number of nitrogens with two attached hydrogens (primary N) is 1. The number of nitrogens with one attached hydrogen (secondary N) is 1. The number of methoxy groups -OCH3 is 1. The van der Waals surface area contributed by atoms with Crippen molar-refractivity contribution in [2.75, 3.05) is 40.0 Å². The first-order valence-electron chi connectivity index (χ1n) is 9.16. The minimum Gasteiger partial charge on any atom is -0.497 e. The van der Waals surface area contributed by atoms with Gasteiger partial charge < -0.3 is 20.5 Å². The van der Waals surface area contributed by atoms with E-state index in [2.05, 4.69) is 22.3 Å². The van der Waals surface area contributed by atoms with Crippen molar-refractivity contribution in [2.24, 2.45) is 11.7 Å². The van der Waals surface area contributed by atoms with Crippen LogP contribution in [0.15, 0.2) is 24.3 Å². The minimum absolute atomic E-state index is 0.0659. The van der Waals surface area contributed by atoms with Gasteiger partial charge in [0.2, 0.25) is 5.91 Å². The molecule has 0 bridgehead atoms. The molecular weight excluding hydrogens is 318 g/mol. The van der Waals surface area contributed by atoms with Crippen molar-refractivity contribution in [1.82, 2.24) is 10.2 Å². The van der Waals surface area contributed by atoms with Crippen LogP contribution in [-0.4, -0.2) is 56.8 Å². The molecule has 3 N–H and O–H groups in total. The largest absolute Gasteiger partial charge is 0.497 e. The van der Waals surface area contributed by atoms with Gasteiger partial charge in [0.05, 0.1) is 26.4 Å². The van der Waals surface area contributed by atoms with Crippen LogP contribution in [0.25, 0.3) is 0 Å². The van der Waals surface area contributed by atoms with Gasteiger partial charge in [0.25, 0.3) is 0 Å². The summed E-state index contributed by atoms with van der Waals surface area (Å²) in [5.74, 6) is 1.05. The van der Waals surface area contributed by atoms with Gasteiger partial charge in [0.1, 0.15) is 5.75 Å². The molecule has 6 heteroatoms. The van der Waals surface area contributed by atoms with E-state index in [-0.39, 0.29) is 23.9 Å². The Bertz CT molecular complexity index is 558. The lowest BCUT2D eigenvalue weighted by Gasteiger charge is -2.35. The smallest absolute Gasteiger partial charge is 0.223 e. The van der Waals surface area contributed by atoms with Crippen LogP contribution < -0.4 is 15.8 Å². The van der Waals surface area contributed by atoms with Gasteiger partial charge in [0, 0.05) is 31.6 Å². The standard InChI is InChI=1S/C19H29N3O3/c1-24-17-6-3-14(4-7-17)18(22-8-10-25-11-9-22)13-21-19(23)15-2-5-16(20)12-15/h3-4,6-7,15-16,18H,2,5,8-13,20H2,1H3,(H,21,23). The van der Waals surface area contributed by atoms with Crippen molar-refractivity contribution in [2.45, 2.75) is 31.3 Å². The van der Waals surface area contributed by atoms with E-state index < -0.39 is 0 Å². The van der Waals surface area contributed by atoms with Gasteiger partial charge in [-0.25, -0.2) is 0 Å². The first kappa shape index (κ1) is 18.2. The Hall–Kier alpha value is -1.63. The highest BCUT2D eigenvalue weighted by Crippen LogP contribution is 2.26. The van der Waals surface area contributed by atoms with Crippen LogP contribution >= 0.6 is 0 Å². The summed E-state index contributed by atoms with van der Waals surface area (Å²) in [4.78, 5) is 14.9. The van der Waals surface area contributed by atoms with Crippen molar-refractivity contribution >= 4 is 5.91 Å². The van der Waals surface area contributed by atoms with E-state index in [4.69, 9.17) is 15.2 Å². The van der Waals surface area contributed by atoms with Crippen molar-refractivity contribution in [1.29, 1.82) is 0 Å². The highest BCUT2D eigenvalue weighted by Gasteiger charge is 2.29. The summed E-state index contributed by atoms with van der Waals surface area (Å²) < 4.78 is 10.7. The third kappa shape index (κ3) is 4.71. The fourth-order valence-corrected chi connectivity index (χ4v) is 3.77. The number of nitrogens with zero attached hydrogens (tertiary/aromatic N) is 1. The molecular formula is C19H29N3O3. The van der Waals surface area contributed by atoms with E-state index in [1.165, 1.54) is 5.56 Å². The minimum atomic E-state index is 0.0659. The van der Waals surface area contributed by atoms with E-state index >= 15 is 0 Å². The average Bonchev–Trinajstić information content (AvgIpc) is 3.10. The second-order valence-corrected chi connectivity index (χ2v) is 6.95. The molecule has 1 heterocycles. The van der Waals surface area contributed by atoms with Gasteiger partial charge in [-0.2, -0.15) is 0 Å². The highest BCUT2D eigenvalue weighted by molar-refractivity contribution is 5.79. The highest BCUT2D eigenvalue weighted by atomic mass is 16.5. The molecule has 1 amide bonds. The number of carbonyl (C=O) groups is 1. The maximum atomic E-state index is 12.5. The zero-order valence-electron chi connectivity index (χ0n) is 14.9. The first-order chi connectivity index (χ1) is 12.2. The third-order valence-corrected chi connectivity index (χ3v) is 5.30. The van der Waals surface area contributed by atoms with Gasteiger partial charge in [-0.05, 0) is 37.0 Å². The van der Waals surface area contributed by atoms with E-state index in [0.29, 0.717) is 6.54 Å². The molecule has 0 spiro atoms. The molecule has 25 heavy (non-hydrogen) atoms. The van der Waals surface area contributed by atoms with Gasteiger partial charge in [-0.1, -0.05) is 12.1 Å². The summed E-state index contributed by atoms with van der Waals surface area (Å²) >= 11 is 0. The van der Waals surface area contributed by atoms with Crippen LogP contribution in [0, 0.1) is 5.92 Å². The number of ether oxygens (including phenoxy) is 2. The summed E-state index contributed by atoms with van der Waals surface area (Å²) in [5.41, 5.74) is 7.13. The van der Waals surface area contributed by atoms with Crippen LogP contribution in [-0.2, 0) is 9.53 Å². The van der Waals surface area contributed by atoms with Gasteiger partial charge in [-0.3, -0.25) is 9.69 Å². The molecule has 6 nitrogen and oxygen atoms in total. The van der Waals surface area contributed by atoms with E-state index in [1.54, 1.807) is 7.11 Å². The SMILES string of the molecule is COc1ccc(C(CNC(=O)C2CCC(N)C2)N2CCOCC2)cc1. The quantitative estimate of drug-likeness (QED) is 0.811. The molecule has 1 saturated heterocycles. The lowest BCUT2D eigenvalue weighted by Crippen LogP contribution is -2.44. The average molecular weight is 347 g/mol. The second kappa shape index (κ2) is 8.65. The predicted octanol–water partition coefficient (Wildman–Crippen LogP) is 1.31. The number of hydrogen-bond acceptors (Lipinski definition) is 5. The number of hydrogen-bond donors (Lipinski definition) is 2. The molecule has 1 aromatic carbocycles. The summed E-state index contributed by atoms with van der Waals surface area (Å²) in [5, 5.41) is 3.16. The fraction of sp³-hybridized carbons (Fsp3) is 0.632. The topological polar surface area (TPSA) is 76.8 Å². The van der Waals surface area contributed by atoms with Crippen molar-refractivity contribution < 1.29 is 14.3 Å². The predicted molar refractivity (Wildman–Crippen MR) is 96.5 cm³/mol. The van der Waals surface area contributed by atoms with Crippen molar-refractivity contribution in [3.63, 3.8) is 0 Å². The molecule has 0 radical (unpaired) electrons. The van der Waals surface area contributed by atoms with E-state index in [1.807, 2.05) is 12.1 Å². The van der Waals surface area contributed by atoms with Crippen molar-refractivity contribution in [3.05, 3.63) is 29.8 Å². The molecule has 1 aliphatic heterocycles. The Balaban J connectivity index is 1.66. The summed E-state index contributed by atoms with van der Waals surface area (Å²) in [6.45, 7) is 3.83.